The summed E-state index contributed by atoms with van der Waals surface area (Å²) in [4.78, 5) is 95.2. The summed E-state index contributed by atoms with van der Waals surface area (Å²) in [5.74, 6) is -0.403. The van der Waals surface area contributed by atoms with E-state index in [-0.39, 0.29) is 63.8 Å². The van der Waals surface area contributed by atoms with E-state index in [1.165, 1.54) is 40.5 Å². The van der Waals surface area contributed by atoms with E-state index in [9.17, 15) is 37.5 Å². The molecule has 0 N–H and O–H groups in total. The third-order valence-electron chi connectivity index (χ3n) is 23.3. The molecule has 3 spiro atoms. The van der Waals surface area contributed by atoms with Gasteiger partial charge in [-0.25, -0.2) is 23.2 Å². The van der Waals surface area contributed by atoms with Gasteiger partial charge in [-0.2, -0.15) is 0 Å². The smallest absolute Gasteiger partial charge is 0.409 e. The van der Waals surface area contributed by atoms with Crippen LogP contribution in [0.5, 0.6) is 0 Å². The highest BCUT2D eigenvalue weighted by Crippen LogP contribution is 2.53. The van der Waals surface area contributed by atoms with Crippen molar-refractivity contribution < 1.29 is 47.0 Å². The van der Waals surface area contributed by atoms with Crippen molar-refractivity contribution in [3.63, 3.8) is 0 Å². The van der Waals surface area contributed by atoms with Crippen molar-refractivity contribution in [1.82, 2.24) is 34.3 Å². The number of para-hydroxylation sites is 1. The lowest BCUT2D eigenvalue weighted by atomic mass is 9.73. The molecule has 14 rings (SSSR count). The number of ether oxygens (including phenoxy) is 2. The van der Waals surface area contributed by atoms with Crippen LogP contribution in [0, 0.1) is 18.6 Å². The maximum atomic E-state index is 14.2. The van der Waals surface area contributed by atoms with Gasteiger partial charge in [0.05, 0.1) is 18.9 Å². The number of nitrogens with zero attached hydrogens (tertiary/aromatic N) is 10. The molecule has 6 saturated heterocycles. The van der Waals surface area contributed by atoms with Crippen LogP contribution >= 0.6 is 15.9 Å². The normalized spacial score (nSPS) is 20.7. The molecule has 0 saturated carbocycles. The summed E-state index contributed by atoms with van der Waals surface area (Å²) >= 11 is 3.62. The molecule has 0 aliphatic carbocycles. The Kier molecular flexibility index (Phi) is 21.9. The van der Waals surface area contributed by atoms with Crippen molar-refractivity contribution in [2.24, 2.45) is 0 Å². The van der Waals surface area contributed by atoms with Crippen molar-refractivity contribution in [2.75, 3.05) is 140 Å². The van der Waals surface area contributed by atoms with Crippen LogP contribution in [0.15, 0.2) is 108 Å². The van der Waals surface area contributed by atoms with E-state index in [0.717, 1.165) is 188 Å². The largest absolute Gasteiger partial charge is 0.450 e. The Balaban J connectivity index is 0.000000142. The second-order valence-corrected chi connectivity index (χ2v) is 30.1. The first-order chi connectivity index (χ1) is 47.6. The van der Waals surface area contributed by atoms with Crippen molar-refractivity contribution in [1.29, 1.82) is 0 Å². The summed E-state index contributed by atoms with van der Waals surface area (Å²) in [6.45, 7) is 22.6. The Labute approximate surface area is 591 Å². The van der Waals surface area contributed by atoms with Gasteiger partial charge in [-0.15, -0.1) is 0 Å². The highest BCUT2D eigenvalue weighted by Gasteiger charge is 2.51. The van der Waals surface area contributed by atoms with Gasteiger partial charge in [-0.1, -0.05) is 64.0 Å². The monoisotopic (exact) mass is 1420 g/mol. The van der Waals surface area contributed by atoms with Crippen LogP contribution in [0.2, 0.25) is 0 Å². The summed E-state index contributed by atoms with van der Waals surface area (Å²) in [7, 11) is 3.48. The SMILES string of the molecule is CCOC(=O)N1CCC(N2CCC3(CC2)CN(C(C)=O)c2c(-c4ccc(C)cc4)cccc23)CC1.CCOC(=O)N1CCC(N2CCC3(CC2)CN(C(C)=O)c2ccc(Br)cc23)CC1.CN(C)C(=O)N1CC2(CCN(C3CCN(C(=O)c4ccc(F)cc4)CC3)CC2)c2cc(F)ccc21. The molecular formula is C78H99BrF2N10O8. The van der Waals surface area contributed by atoms with E-state index in [0.29, 0.717) is 56.5 Å². The number of amides is 7. The number of halogens is 3. The fraction of sp³-hybridized carbons (Fsp3) is 0.538. The Morgan fingerprint density at radius 2 is 0.919 bits per heavy atom. The third kappa shape index (κ3) is 15.0. The fourth-order valence-electron chi connectivity index (χ4n) is 17.6. The van der Waals surface area contributed by atoms with Crippen molar-refractivity contribution in [2.45, 2.75) is 146 Å². The average molecular weight is 1420 g/mol. The number of benzene rings is 5. The van der Waals surface area contributed by atoms with Gasteiger partial charge in [0.2, 0.25) is 11.8 Å². The molecule has 9 aliphatic heterocycles. The zero-order valence-electron chi connectivity index (χ0n) is 58.9. The Bertz CT molecular complexity index is 3730. The van der Waals surface area contributed by atoms with E-state index in [2.05, 4.69) is 92.2 Å². The molecular weight excluding hydrogens is 1320 g/mol. The number of urea groups is 1. The lowest BCUT2D eigenvalue weighted by Crippen LogP contribution is -2.52. The standard InChI is InChI=1S/C29H37N3O3.C27H32F2N4O2.C22H30BrN3O3/c1-4-35-28(34)31-16-12-24(13-17-31)30-18-14-29(15-19-30)20-32(22(3)33)27-25(6-5-7-26(27)29)23-10-8-21(2)9-11-23;1-30(2)26(35)33-18-27(23-17-21(29)7-8-24(23)33)11-15-31(16-12-27)22-9-13-32(14-10-22)25(34)19-3-5-20(28)6-4-19;1-3-29-21(28)25-10-6-18(7-11-25)24-12-8-22(9-13-24)15-26(16(2)27)20-5-4-17(23)14-19(20)22/h5-11,24H,4,12-20H2,1-3H3;3-8,17,22H,9-16,18H2,1-2H3;4-5,14,18H,3,6-13,15H2,1-2H3. The number of piperidine rings is 6. The second-order valence-electron chi connectivity index (χ2n) is 29.2. The molecule has 0 unspecified atom stereocenters. The number of anilines is 3. The zero-order chi connectivity index (χ0) is 69.9. The minimum atomic E-state index is -0.343. The molecule has 99 heavy (non-hydrogen) atoms. The molecule has 7 amide bonds. The van der Waals surface area contributed by atoms with Crippen LogP contribution < -0.4 is 14.7 Å². The first kappa shape index (κ1) is 71.4. The Morgan fingerprint density at radius 1 is 0.495 bits per heavy atom. The lowest BCUT2D eigenvalue weighted by Gasteiger charge is -2.45. The molecule has 9 heterocycles. The topological polar surface area (TPSA) is 153 Å². The van der Waals surface area contributed by atoms with E-state index >= 15 is 0 Å². The van der Waals surface area contributed by atoms with Crippen LogP contribution in [0.3, 0.4) is 0 Å². The van der Waals surface area contributed by atoms with Gasteiger partial charge in [0, 0.05) is 148 Å². The second kappa shape index (κ2) is 30.4. The highest BCUT2D eigenvalue weighted by molar-refractivity contribution is 9.10. The van der Waals surface area contributed by atoms with Gasteiger partial charge < -0.3 is 53.6 Å². The number of fused-ring (bicyclic) bond motifs is 6. The highest BCUT2D eigenvalue weighted by atomic mass is 79.9. The Morgan fingerprint density at radius 3 is 1.39 bits per heavy atom. The van der Waals surface area contributed by atoms with Crippen LogP contribution in [0.25, 0.3) is 11.1 Å². The van der Waals surface area contributed by atoms with Gasteiger partial charge >= 0.3 is 18.2 Å². The molecule has 530 valence electrons. The molecule has 5 aromatic rings. The first-order valence-corrected chi connectivity index (χ1v) is 36.9. The molecule has 18 nitrogen and oxygen atoms in total. The molecule has 6 fully saturated rings. The maximum absolute atomic E-state index is 14.2. The number of aryl methyl sites for hydroxylation is 1. The van der Waals surface area contributed by atoms with E-state index < -0.39 is 0 Å². The van der Waals surface area contributed by atoms with Gasteiger partial charge in [0.25, 0.3) is 5.91 Å². The van der Waals surface area contributed by atoms with Gasteiger partial charge in [0.1, 0.15) is 11.6 Å². The molecule has 5 aromatic carbocycles. The van der Waals surface area contributed by atoms with Gasteiger partial charge in [-0.05, 0) is 220 Å². The molecule has 0 radical (unpaired) electrons. The summed E-state index contributed by atoms with van der Waals surface area (Å²) in [5, 5.41) is 0. The zero-order valence-corrected chi connectivity index (χ0v) is 60.5. The third-order valence-corrected chi connectivity index (χ3v) is 23.8. The van der Waals surface area contributed by atoms with E-state index in [1.54, 1.807) is 62.0 Å². The number of carbonyl (C=O) groups excluding carboxylic acids is 6. The van der Waals surface area contributed by atoms with Crippen LogP contribution in [0.1, 0.15) is 137 Å². The summed E-state index contributed by atoms with van der Waals surface area (Å²) in [5.41, 5.74) is 10.6. The summed E-state index contributed by atoms with van der Waals surface area (Å²) < 4.78 is 38.8. The molecule has 0 aromatic heterocycles. The minimum absolute atomic E-state index is 0.0177. The number of likely N-dealkylation sites (tertiary alicyclic amines) is 6. The van der Waals surface area contributed by atoms with Gasteiger partial charge in [-0.3, -0.25) is 19.3 Å². The van der Waals surface area contributed by atoms with Crippen molar-refractivity contribution in [3.05, 3.63) is 147 Å². The molecule has 21 heteroatoms. The number of hydrogen-bond donors (Lipinski definition) is 0. The predicted molar refractivity (Wildman–Crippen MR) is 386 cm³/mol. The summed E-state index contributed by atoms with van der Waals surface area (Å²) in [6.07, 6.45) is 11.4. The van der Waals surface area contributed by atoms with E-state index in [4.69, 9.17) is 9.47 Å². The van der Waals surface area contributed by atoms with Crippen molar-refractivity contribution in [3.8, 4) is 11.1 Å². The van der Waals surface area contributed by atoms with E-state index in [1.807, 2.05) is 44.4 Å². The van der Waals surface area contributed by atoms with Crippen LogP contribution in [-0.4, -0.2) is 214 Å². The quantitative estimate of drug-likeness (QED) is 0.153. The van der Waals surface area contributed by atoms with Crippen LogP contribution in [0.4, 0.5) is 40.2 Å². The van der Waals surface area contributed by atoms with Gasteiger partial charge in [0.15, 0.2) is 0 Å². The molecule has 0 atom stereocenters. The number of rotatable bonds is 7. The minimum Gasteiger partial charge on any atom is -0.450 e. The average Bonchev–Trinajstić information content (AvgIpc) is 1.61. The molecule has 0 bridgehead atoms. The maximum Gasteiger partial charge on any atom is 0.409 e. The molecule has 9 aliphatic rings. The lowest BCUT2D eigenvalue weighted by molar-refractivity contribution is -0.117. The number of hydrogen-bond acceptors (Lipinski definition) is 11. The Hall–Kier alpha value is -7.46. The fourth-order valence-corrected chi connectivity index (χ4v) is 18.0. The first-order valence-electron chi connectivity index (χ1n) is 36.1. The number of carbonyl (C=O) groups is 6. The van der Waals surface area contributed by atoms with Crippen molar-refractivity contribution >= 4 is 68.9 Å². The summed E-state index contributed by atoms with van der Waals surface area (Å²) in [6, 6.07) is 33.4. The predicted octanol–water partition coefficient (Wildman–Crippen LogP) is 12.9. The van der Waals surface area contributed by atoms with Crippen LogP contribution in [-0.2, 0) is 35.3 Å².